The first kappa shape index (κ1) is 16.0. The standard InChI is InChI=1S/C18H34N2/c1-17(13-9-5-3-6-10-14-17)19-20-18(2)15-11-7-4-8-12-16-18/h3-16H2,1-2H3. The third kappa shape index (κ3) is 5.18. The molecule has 2 nitrogen and oxygen atoms in total. The van der Waals surface area contributed by atoms with Gasteiger partial charge >= 0.3 is 0 Å². The van der Waals surface area contributed by atoms with E-state index in [1.54, 1.807) is 0 Å². The van der Waals surface area contributed by atoms with Crippen molar-refractivity contribution in [1.82, 2.24) is 0 Å². The Morgan fingerprint density at radius 3 is 1.00 bits per heavy atom. The molecular formula is C18H34N2. The fraction of sp³-hybridized carbons (Fsp3) is 1.00. The second-order valence-corrected chi connectivity index (χ2v) is 7.73. The Bertz CT molecular complexity index is 263. The highest BCUT2D eigenvalue weighted by Gasteiger charge is 2.28. The van der Waals surface area contributed by atoms with Crippen LogP contribution in [0.25, 0.3) is 0 Å². The molecule has 2 saturated carbocycles. The molecule has 2 rings (SSSR count). The van der Waals surface area contributed by atoms with E-state index in [-0.39, 0.29) is 11.1 Å². The van der Waals surface area contributed by atoms with E-state index in [9.17, 15) is 0 Å². The number of hydrogen-bond donors (Lipinski definition) is 0. The first-order chi connectivity index (χ1) is 9.62. The summed E-state index contributed by atoms with van der Waals surface area (Å²) < 4.78 is 0. The fourth-order valence-electron chi connectivity index (χ4n) is 3.78. The van der Waals surface area contributed by atoms with Gasteiger partial charge in [-0.25, -0.2) is 0 Å². The van der Waals surface area contributed by atoms with Gasteiger partial charge in [0.15, 0.2) is 0 Å². The zero-order valence-corrected chi connectivity index (χ0v) is 13.8. The molecule has 0 aliphatic heterocycles. The molecule has 0 aromatic rings. The number of hydrogen-bond acceptors (Lipinski definition) is 2. The van der Waals surface area contributed by atoms with Crippen LogP contribution in [0.5, 0.6) is 0 Å². The van der Waals surface area contributed by atoms with Crippen LogP contribution in [-0.4, -0.2) is 11.1 Å². The second-order valence-electron chi connectivity index (χ2n) is 7.73. The van der Waals surface area contributed by atoms with Crippen molar-refractivity contribution in [3.8, 4) is 0 Å². The monoisotopic (exact) mass is 278 g/mol. The van der Waals surface area contributed by atoms with Crippen molar-refractivity contribution < 1.29 is 0 Å². The highest BCUT2D eigenvalue weighted by atomic mass is 15.2. The fourth-order valence-corrected chi connectivity index (χ4v) is 3.78. The van der Waals surface area contributed by atoms with Gasteiger partial charge in [-0.1, -0.05) is 64.2 Å². The van der Waals surface area contributed by atoms with Gasteiger partial charge in [0.1, 0.15) is 0 Å². The summed E-state index contributed by atoms with van der Waals surface area (Å²) in [6.07, 6.45) is 18.7. The molecule has 116 valence electrons. The Kier molecular flexibility index (Phi) is 6.04. The van der Waals surface area contributed by atoms with E-state index in [1.807, 2.05) is 0 Å². The molecule has 0 bridgehead atoms. The third-order valence-corrected chi connectivity index (χ3v) is 5.39. The lowest BCUT2D eigenvalue weighted by Crippen LogP contribution is -2.27. The molecule has 0 radical (unpaired) electrons. The van der Waals surface area contributed by atoms with Crippen molar-refractivity contribution in [3.63, 3.8) is 0 Å². The topological polar surface area (TPSA) is 24.7 Å². The summed E-state index contributed by atoms with van der Waals surface area (Å²) in [5.74, 6) is 0. The molecule has 2 aliphatic carbocycles. The molecule has 20 heavy (non-hydrogen) atoms. The predicted molar refractivity (Wildman–Crippen MR) is 86.3 cm³/mol. The second kappa shape index (κ2) is 7.56. The van der Waals surface area contributed by atoms with Gasteiger partial charge < -0.3 is 0 Å². The van der Waals surface area contributed by atoms with Crippen LogP contribution >= 0.6 is 0 Å². The van der Waals surface area contributed by atoms with Crippen molar-refractivity contribution in [2.75, 3.05) is 0 Å². The van der Waals surface area contributed by atoms with Gasteiger partial charge in [-0.3, -0.25) is 0 Å². The van der Waals surface area contributed by atoms with Crippen LogP contribution in [0.2, 0.25) is 0 Å². The van der Waals surface area contributed by atoms with Crippen molar-refractivity contribution in [2.45, 2.75) is 115 Å². The van der Waals surface area contributed by atoms with E-state index in [1.165, 1.54) is 89.9 Å². The van der Waals surface area contributed by atoms with Gasteiger partial charge in [0, 0.05) is 0 Å². The molecule has 0 aromatic carbocycles. The first-order valence-electron chi connectivity index (χ1n) is 9.06. The maximum Gasteiger partial charge on any atom is 0.0788 e. The molecule has 0 saturated heterocycles. The molecule has 0 amide bonds. The lowest BCUT2D eigenvalue weighted by molar-refractivity contribution is 0.284. The summed E-state index contributed by atoms with van der Waals surface area (Å²) in [7, 11) is 0. The molecule has 0 heterocycles. The molecule has 0 N–H and O–H groups in total. The van der Waals surface area contributed by atoms with Crippen molar-refractivity contribution in [1.29, 1.82) is 0 Å². The van der Waals surface area contributed by atoms with E-state index in [0.29, 0.717) is 0 Å². The maximum atomic E-state index is 4.91. The van der Waals surface area contributed by atoms with E-state index >= 15 is 0 Å². The molecule has 2 fully saturated rings. The Morgan fingerprint density at radius 1 is 0.450 bits per heavy atom. The van der Waals surface area contributed by atoms with E-state index in [0.717, 1.165) is 0 Å². The minimum atomic E-state index is 0.131. The van der Waals surface area contributed by atoms with E-state index in [2.05, 4.69) is 13.8 Å². The highest BCUT2D eigenvalue weighted by molar-refractivity contribution is 4.88. The number of azo groups is 1. The SMILES string of the molecule is CC1(N=NC2(C)CCCCCCC2)CCCCCCC1. The lowest BCUT2D eigenvalue weighted by atomic mass is 9.85. The van der Waals surface area contributed by atoms with Crippen LogP contribution in [0.1, 0.15) is 104 Å². The highest BCUT2D eigenvalue weighted by Crippen LogP contribution is 2.34. The Labute approximate surface area is 125 Å². The van der Waals surface area contributed by atoms with Crippen LogP contribution in [0.3, 0.4) is 0 Å². The molecule has 2 heteroatoms. The van der Waals surface area contributed by atoms with Crippen LogP contribution < -0.4 is 0 Å². The van der Waals surface area contributed by atoms with Gasteiger partial charge in [-0.05, 0) is 39.5 Å². The summed E-state index contributed by atoms with van der Waals surface area (Å²) in [5, 5.41) is 9.82. The van der Waals surface area contributed by atoms with E-state index in [4.69, 9.17) is 10.2 Å². The summed E-state index contributed by atoms with van der Waals surface area (Å²) in [6.45, 7) is 4.68. The molecular weight excluding hydrogens is 244 g/mol. The number of rotatable bonds is 2. The van der Waals surface area contributed by atoms with Gasteiger partial charge in [0.05, 0.1) is 11.1 Å². The van der Waals surface area contributed by atoms with Crippen molar-refractivity contribution in [2.24, 2.45) is 10.2 Å². The quantitative estimate of drug-likeness (QED) is 0.519. The largest absolute Gasteiger partial charge is 0.187 e. The van der Waals surface area contributed by atoms with Crippen LogP contribution in [-0.2, 0) is 0 Å². The van der Waals surface area contributed by atoms with Crippen molar-refractivity contribution >= 4 is 0 Å². The molecule has 0 spiro atoms. The molecule has 0 unspecified atom stereocenters. The first-order valence-corrected chi connectivity index (χ1v) is 9.06. The molecule has 0 atom stereocenters. The zero-order valence-electron chi connectivity index (χ0n) is 13.8. The predicted octanol–water partition coefficient (Wildman–Crippen LogP) is 6.44. The van der Waals surface area contributed by atoms with Gasteiger partial charge in [0.25, 0.3) is 0 Å². The van der Waals surface area contributed by atoms with Gasteiger partial charge in [0.2, 0.25) is 0 Å². The van der Waals surface area contributed by atoms with Crippen LogP contribution in [0.4, 0.5) is 0 Å². The minimum absolute atomic E-state index is 0.131. The van der Waals surface area contributed by atoms with Gasteiger partial charge in [-0.2, -0.15) is 10.2 Å². The molecule has 0 aromatic heterocycles. The molecule has 2 aliphatic rings. The van der Waals surface area contributed by atoms with Gasteiger partial charge in [-0.15, -0.1) is 0 Å². The maximum absolute atomic E-state index is 4.91. The minimum Gasteiger partial charge on any atom is -0.187 e. The summed E-state index contributed by atoms with van der Waals surface area (Å²) in [5.41, 5.74) is 0.262. The third-order valence-electron chi connectivity index (χ3n) is 5.39. The average Bonchev–Trinajstić information content (AvgIpc) is 2.38. The lowest BCUT2D eigenvalue weighted by Gasteiger charge is -2.30. The van der Waals surface area contributed by atoms with Crippen molar-refractivity contribution in [3.05, 3.63) is 0 Å². The van der Waals surface area contributed by atoms with Crippen LogP contribution in [0.15, 0.2) is 10.2 Å². The summed E-state index contributed by atoms with van der Waals surface area (Å²) in [6, 6.07) is 0. The Balaban J connectivity index is 1.96. The Hall–Kier alpha value is -0.400. The summed E-state index contributed by atoms with van der Waals surface area (Å²) >= 11 is 0. The van der Waals surface area contributed by atoms with E-state index < -0.39 is 0 Å². The average molecular weight is 278 g/mol. The Morgan fingerprint density at radius 2 is 0.700 bits per heavy atom. The number of nitrogens with zero attached hydrogens (tertiary/aromatic N) is 2. The summed E-state index contributed by atoms with van der Waals surface area (Å²) in [4.78, 5) is 0. The zero-order chi connectivity index (χ0) is 14.3. The smallest absolute Gasteiger partial charge is 0.0788 e. The van der Waals surface area contributed by atoms with Crippen LogP contribution in [0, 0.1) is 0 Å². The normalized spacial score (nSPS) is 28.3.